The minimum atomic E-state index is -0.843. The molecule has 0 radical (unpaired) electrons. The molecule has 1 amide bonds. The molecule has 5 heteroatoms. The van der Waals surface area contributed by atoms with Crippen LogP contribution in [0.4, 0.5) is 0 Å². The van der Waals surface area contributed by atoms with Crippen molar-refractivity contribution in [3.8, 4) is 0 Å². The predicted octanol–water partition coefficient (Wildman–Crippen LogP) is 2.81. The molecule has 1 heterocycles. The van der Waals surface area contributed by atoms with Crippen molar-refractivity contribution >= 4 is 21.8 Å². The third-order valence-electron chi connectivity index (χ3n) is 2.63. The van der Waals surface area contributed by atoms with Crippen LogP contribution in [0.15, 0.2) is 45.3 Å². The molecule has 0 bridgehead atoms. The van der Waals surface area contributed by atoms with Crippen LogP contribution < -0.4 is 5.32 Å². The zero-order valence-electron chi connectivity index (χ0n) is 10.4. The molecule has 1 aromatic carbocycles. The number of amides is 1. The molecule has 0 aliphatic heterocycles. The lowest BCUT2D eigenvalue weighted by Gasteiger charge is -2.09. The molecule has 1 atom stereocenters. The number of halogens is 1. The van der Waals surface area contributed by atoms with Gasteiger partial charge in [0.05, 0.1) is 6.54 Å². The van der Waals surface area contributed by atoms with Crippen LogP contribution in [0.2, 0.25) is 0 Å². The molecule has 1 aromatic heterocycles. The molecular weight excluding hydrogens is 310 g/mol. The van der Waals surface area contributed by atoms with Gasteiger partial charge in [0.1, 0.15) is 17.6 Å². The summed E-state index contributed by atoms with van der Waals surface area (Å²) in [6.07, 6.45) is -0.843. The van der Waals surface area contributed by atoms with Crippen LogP contribution in [0.1, 0.15) is 28.0 Å². The van der Waals surface area contributed by atoms with E-state index in [2.05, 4.69) is 21.2 Å². The Morgan fingerprint density at radius 1 is 1.42 bits per heavy atom. The van der Waals surface area contributed by atoms with Gasteiger partial charge in [-0.15, -0.1) is 0 Å². The van der Waals surface area contributed by atoms with Gasteiger partial charge in [0, 0.05) is 10.0 Å². The first-order valence-electron chi connectivity index (χ1n) is 5.84. The third kappa shape index (κ3) is 3.68. The van der Waals surface area contributed by atoms with Crippen molar-refractivity contribution in [3.05, 3.63) is 58.0 Å². The van der Waals surface area contributed by atoms with Crippen LogP contribution in [0.3, 0.4) is 0 Å². The smallest absolute Gasteiger partial charge is 0.251 e. The van der Waals surface area contributed by atoms with Crippen LogP contribution in [-0.2, 0) is 0 Å². The van der Waals surface area contributed by atoms with Gasteiger partial charge < -0.3 is 14.8 Å². The van der Waals surface area contributed by atoms with E-state index >= 15 is 0 Å². The topological polar surface area (TPSA) is 62.5 Å². The average molecular weight is 324 g/mol. The fourth-order valence-corrected chi connectivity index (χ4v) is 2.05. The van der Waals surface area contributed by atoms with E-state index in [0.717, 1.165) is 10.2 Å². The van der Waals surface area contributed by atoms with Crippen LogP contribution >= 0.6 is 15.9 Å². The van der Waals surface area contributed by atoms with Gasteiger partial charge in [0.25, 0.3) is 5.91 Å². The van der Waals surface area contributed by atoms with Crippen molar-refractivity contribution in [3.63, 3.8) is 0 Å². The molecule has 0 aliphatic rings. The second kappa shape index (κ2) is 6.04. The summed E-state index contributed by atoms with van der Waals surface area (Å²) in [5.41, 5.74) is 0.539. The molecule has 0 fully saturated rings. The Balaban J connectivity index is 1.93. The maximum atomic E-state index is 11.9. The molecule has 100 valence electrons. The fraction of sp³-hybridized carbons (Fsp3) is 0.214. The van der Waals surface area contributed by atoms with E-state index in [0.29, 0.717) is 11.3 Å². The Bertz CT molecular complexity index is 580. The first-order valence-corrected chi connectivity index (χ1v) is 6.64. The van der Waals surface area contributed by atoms with Crippen LogP contribution in [0, 0.1) is 6.92 Å². The quantitative estimate of drug-likeness (QED) is 0.909. The Kier molecular flexibility index (Phi) is 4.39. The van der Waals surface area contributed by atoms with Crippen molar-refractivity contribution in [2.45, 2.75) is 13.0 Å². The molecule has 2 aromatic rings. The average Bonchev–Trinajstić information content (AvgIpc) is 2.82. The second-order valence-corrected chi connectivity index (χ2v) is 5.10. The number of aliphatic hydroxyl groups excluding tert-OH is 1. The van der Waals surface area contributed by atoms with Gasteiger partial charge in [-0.3, -0.25) is 4.79 Å². The first kappa shape index (κ1) is 13.8. The summed E-state index contributed by atoms with van der Waals surface area (Å²) in [7, 11) is 0. The molecule has 0 saturated heterocycles. The van der Waals surface area contributed by atoms with Gasteiger partial charge in [-0.1, -0.05) is 22.0 Å². The Morgan fingerprint density at radius 3 is 2.84 bits per heavy atom. The molecule has 0 aliphatic carbocycles. The Hall–Kier alpha value is -1.59. The summed E-state index contributed by atoms with van der Waals surface area (Å²) in [5, 5.41) is 12.5. The largest absolute Gasteiger partial charge is 0.464 e. The molecule has 0 spiro atoms. The number of rotatable bonds is 4. The number of aryl methyl sites for hydroxylation is 1. The van der Waals surface area contributed by atoms with Crippen molar-refractivity contribution in [1.29, 1.82) is 0 Å². The number of carbonyl (C=O) groups is 1. The number of hydrogen-bond acceptors (Lipinski definition) is 3. The first-order chi connectivity index (χ1) is 9.06. The maximum absolute atomic E-state index is 11.9. The van der Waals surface area contributed by atoms with E-state index in [1.165, 1.54) is 0 Å². The third-order valence-corrected chi connectivity index (χ3v) is 3.13. The molecule has 2 N–H and O–H groups in total. The summed E-state index contributed by atoms with van der Waals surface area (Å²) in [6.45, 7) is 1.91. The number of hydrogen-bond donors (Lipinski definition) is 2. The summed E-state index contributed by atoms with van der Waals surface area (Å²) in [5.74, 6) is 0.947. The van der Waals surface area contributed by atoms with Crippen LogP contribution in [0.5, 0.6) is 0 Å². The highest BCUT2D eigenvalue weighted by Gasteiger charge is 2.13. The van der Waals surface area contributed by atoms with Gasteiger partial charge in [0.15, 0.2) is 0 Å². The zero-order valence-corrected chi connectivity index (χ0v) is 12.0. The van der Waals surface area contributed by atoms with Gasteiger partial charge in [-0.05, 0) is 37.3 Å². The zero-order chi connectivity index (χ0) is 13.8. The highest BCUT2D eigenvalue weighted by molar-refractivity contribution is 9.10. The summed E-state index contributed by atoms with van der Waals surface area (Å²) in [6, 6.07) is 10.5. The van der Waals surface area contributed by atoms with E-state index in [9.17, 15) is 9.90 Å². The number of aliphatic hydroxyl groups is 1. The van der Waals surface area contributed by atoms with E-state index < -0.39 is 6.10 Å². The molecule has 1 unspecified atom stereocenters. The van der Waals surface area contributed by atoms with Crippen molar-refractivity contribution in [2.24, 2.45) is 0 Å². The minimum Gasteiger partial charge on any atom is -0.464 e. The van der Waals surface area contributed by atoms with Crippen molar-refractivity contribution < 1.29 is 14.3 Å². The van der Waals surface area contributed by atoms with Gasteiger partial charge in [-0.2, -0.15) is 0 Å². The second-order valence-electron chi connectivity index (χ2n) is 4.18. The summed E-state index contributed by atoms with van der Waals surface area (Å²) in [4.78, 5) is 11.9. The SMILES string of the molecule is Cc1ccc(C(O)CNC(=O)c2cccc(Br)c2)o1. The maximum Gasteiger partial charge on any atom is 0.251 e. The van der Waals surface area contributed by atoms with Crippen molar-refractivity contribution in [1.82, 2.24) is 5.32 Å². The summed E-state index contributed by atoms with van der Waals surface area (Å²) < 4.78 is 6.13. The fourth-order valence-electron chi connectivity index (χ4n) is 1.65. The molecule has 2 rings (SSSR count). The van der Waals surface area contributed by atoms with Gasteiger partial charge in [-0.25, -0.2) is 0 Å². The molecule has 4 nitrogen and oxygen atoms in total. The lowest BCUT2D eigenvalue weighted by molar-refractivity contribution is 0.0900. The van der Waals surface area contributed by atoms with E-state index in [1.54, 1.807) is 37.3 Å². The number of nitrogens with one attached hydrogen (secondary N) is 1. The predicted molar refractivity (Wildman–Crippen MR) is 74.9 cm³/mol. The van der Waals surface area contributed by atoms with Gasteiger partial charge >= 0.3 is 0 Å². The summed E-state index contributed by atoms with van der Waals surface area (Å²) >= 11 is 3.31. The van der Waals surface area contributed by atoms with Crippen LogP contribution in [-0.4, -0.2) is 17.6 Å². The van der Waals surface area contributed by atoms with E-state index in [-0.39, 0.29) is 12.5 Å². The number of carbonyl (C=O) groups excluding carboxylic acids is 1. The number of furan rings is 1. The lowest BCUT2D eigenvalue weighted by atomic mass is 10.2. The highest BCUT2D eigenvalue weighted by Crippen LogP contribution is 2.16. The Morgan fingerprint density at radius 2 is 2.21 bits per heavy atom. The lowest BCUT2D eigenvalue weighted by Crippen LogP contribution is -2.28. The highest BCUT2D eigenvalue weighted by atomic mass is 79.9. The number of benzene rings is 1. The standard InChI is InChI=1S/C14H14BrNO3/c1-9-5-6-13(19-9)12(17)8-16-14(18)10-3-2-4-11(15)7-10/h2-7,12,17H,8H2,1H3,(H,16,18). The minimum absolute atomic E-state index is 0.109. The van der Waals surface area contributed by atoms with Crippen LogP contribution in [0.25, 0.3) is 0 Å². The van der Waals surface area contributed by atoms with E-state index in [1.807, 2.05) is 6.07 Å². The Labute approximate surface area is 119 Å². The normalized spacial score (nSPS) is 12.2. The molecular formula is C14H14BrNO3. The van der Waals surface area contributed by atoms with Gasteiger partial charge in [0.2, 0.25) is 0 Å². The molecule has 0 saturated carbocycles. The monoisotopic (exact) mass is 323 g/mol. The molecule has 19 heavy (non-hydrogen) atoms. The van der Waals surface area contributed by atoms with E-state index in [4.69, 9.17) is 4.42 Å². The van der Waals surface area contributed by atoms with Crippen molar-refractivity contribution in [2.75, 3.05) is 6.54 Å².